The maximum Gasteiger partial charge on any atom is 0.257 e. The van der Waals surface area contributed by atoms with E-state index in [9.17, 15) is 13.2 Å². The minimum absolute atomic E-state index is 0.0567. The summed E-state index contributed by atoms with van der Waals surface area (Å²) < 4.78 is 32.9. The van der Waals surface area contributed by atoms with E-state index in [4.69, 9.17) is 4.42 Å². The molecule has 134 valence electrons. The first-order chi connectivity index (χ1) is 11.9. The number of sulfonamides is 1. The first-order valence-electron chi connectivity index (χ1n) is 8.30. The molecule has 0 saturated carbocycles. The maximum absolute atomic E-state index is 12.6. The van der Waals surface area contributed by atoms with Crippen LogP contribution in [0.5, 0.6) is 0 Å². The Kier molecular flexibility index (Phi) is 4.96. The van der Waals surface area contributed by atoms with Crippen molar-refractivity contribution in [3.63, 3.8) is 0 Å². The Bertz CT molecular complexity index is 850. The van der Waals surface area contributed by atoms with Crippen LogP contribution in [0.25, 0.3) is 0 Å². The summed E-state index contributed by atoms with van der Waals surface area (Å²) in [7, 11) is -3.52. The summed E-state index contributed by atoms with van der Waals surface area (Å²) in [6.45, 7) is 4.63. The molecule has 2 heterocycles. The lowest BCUT2D eigenvalue weighted by Crippen LogP contribution is -2.46. The van der Waals surface area contributed by atoms with Gasteiger partial charge in [-0.3, -0.25) is 4.79 Å². The maximum atomic E-state index is 12.6. The molecule has 1 saturated heterocycles. The average Bonchev–Trinajstić information content (AvgIpc) is 2.94. The van der Waals surface area contributed by atoms with Gasteiger partial charge in [0.1, 0.15) is 11.5 Å². The van der Waals surface area contributed by atoms with Crippen LogP contribution in [0.3, 0.4) is 0 Å². The molecule has 0 bridgehead atoms. The average molecular weight is 362 g/mol. The zero-order chi connectivity index (χ0) is 18.0. The highest BCUT2D eigenvalue weighted by atomic mass is 32.2. The summed E-state index contributed by atoms with van der Waals surface area (Å²) in [6, 6.07) is 9.91. The zero-order valence-electron chi connectivity index (χ0n) is 14.4. The Morgan fingerprint density at radius 2 is 1.80 bits per heavy atom. The molecular weight excluding hydrogens is 340 g/mol. The van der Waals surface area contributed by atoms with Crippen molar-refractivity contribution >= 4 is 15.9 Å². The number of likely N-dealkylation sites (tertiary alicyclic amines) is 1. The van der Waals surface area contributed by atoms with Crippen molar-refractivity contribution in [2.45, 2.75) is 37.6 Å². The molecule has 0 aliphatic carbocycles. The van der Waals surface area contributed by atoms with Crippen LogP contribution in [-0.4, -0.2) is 38.4 Å². The van der Waals surface area contributed by atoms with Crippen LogP contribution in [0.4, 0.5) is 0 Å². The number of nitrogens with zero attached hydrogens (tertiary/aromatic N) is 1. The molecule has 2 aromatic rings. The summed E-state index contributed by atoms with van der Waals surface area (Å²) in [6.07, 6.45) is 1.18. The van der Waals surface area contributed by atoms with E-state index in [1.54, 1.807) is 48.2 Å². The van der Waals surface area contributed by atoms with Crippen molar-refractivity contribution in [2.24, 2.45) is 0 Å². The zero-order valence-corrected chi connectivity index (χ0v) is 15.2. The molecule has 1 aromatic carbocycles. The molecule has 0 radical (unpaired) electrons. The lowest BCUT2D eigenvalue weighted by atomic mass is 10.1. The van der Waals surface area contributed by atoms with Gasteiger partial charge in [0, 0.05) is 19.1 Å². The monoisotopic (exact) mass is 362 g/mol. The number of benzene rings is 1. The number of aryl methyl sites for hydroxylation is 2. The molecule has 25 heavy (non-hydrogen) atoms. The van der Waals surface area contributed by atoms with Crippen molar-refractivity contribution in [1.29, 1.82) is 0 Å². The van der Waals surface area contributed by atoms with E-state index in [1.165, 1.54) is 0 Å². The topological polar surface area (TPSA) is 79.6 Å². The molecule has 0 atom stereocenters. The predicted octanol–water partition coefficient (Wildman–Crippen LogP) is 2.48. The van der Waals surface area contributed by atoms with Gasteiger partial charge < -0.3 is 9.32 Å². The van der Waals surface area contributed by atoms with Gasteiger partial charge in [0.05, 0.1) is 10.5 Å². The Morgan fingerprint density at radius 1 is 1.16 bits per heavy atom. The minimum Gasteiger partial charge on any atom is -0.466 e. The lowest BCUT2D eigenvalue weighted by Gasteiger charge is -2.32. The fourth-order valence-electron chi connectivity index (χ4n) is 3.10. The van der Waals surface area contributed by atoms with Crippen molar-refractivity contribution in [3.8, 4) is 0 Å². The first-order valence-corrected chi connectivity index (χ1v) is 9.79. The SMILES string of the molecule is Cc1cc(C(=O)N2CCC(NS(=O)(=O)c3ccccc3)CC2)c(C)o1. The number of hydrogen-bond acceptors (Lipinski definition) is 4. The third-order valence-corrected chi connectivity index (χ3v) is 5.97. The third kappa shape index (κ3) is 3.93. The molecule has 1 aromatic heterocycles. The van der Waals surface area contributed by atoms with Crippen molar-refractivity contribution in [1.82, 2.24) is 9.62 Å². The van der Waals surface area contributed by atoms with E-state index >= 15 is 0 Å². The third-order valence-electron chi connectivity index (χ3n) is 4.43. The minimum atomic E-state index is -3.52. The first kappa shape index (κ1) is 17.7. The van der Waals surface area contributed by atoms with Gasteiger partial charge in [-0.05, 0) is 44.9 Å². The van der Waals surface area contributed by atoms with Gasteiger partial charge in [-0.15, -0.1) is 0 Å². The van der Waals surface area contributed by atoms with E-state index in [1.807, 2.05) is 6.92 Å². The van der Waals surface area contributed by atoms with Crippen LogP contribution >= 0.6 is 0 Å². The fraction of sp³-hybridized carbons (Fsp3) is 0.389. The second-order valence-corrected chi connectivity index (χ2v) is 8.04. The number of nitrogens with one attached hydrogen (secondary N) is 1. The summed E-state index contributed by atoms with van der Waals surface area (Å²) in [5.41, 5.74) is 0.584. The molecular formula is C18H22N2O4S. The highest BCUT2D eigenvalue weighted by molar-refractivity contribution is 7.89. The number of amides is 1. The molecule has 0 unspecified atom stereocenters. The lowest BCUT2D eigenvalue weighted by molar-refractivity contribution is 0.0709. The summed E-state index contributed by atoms with van der Waals surface area (Å²) in [5, 5.41) is 0. The van der Waals surface area contributed by atoms with Gasteiger partial charge in [0.2, 0.25) is 10.0 Å². The molecule has 6 nitrogen and oxygen atoms in total. The van der Waals surface area contributed by atoms with Gasteiger partial charge in [-0.1, -0.05) is 18.2 Å². The number of piperidine rings is 1. The normalized spacial score (nSPS) is 16.2. The van der Waals surface area contributed by atoms with Crippen LogP contribution < -0.4 is 4.72 Å². The second kappa shape index (κ2) is 7.01. The molecule has 1 aliphatic rings. The fourth-order valence-corrected chi connectivity index (χ4v) is 4.43. The Hall–Kier alpha value is -2.12. The predicted molar refractivity (Wildman–Crippen MR) is 93.9 cm³/mol. The van der Waals surface area contributed by atoms with Gasteiger partial charge in [0.25, 0.3) is 5.91 Å². The quantitative estimate of drug-likeness (QED) is 0.906. The van der Waals surface area contributed by atoms with E-state index in [0.29, 0.717) is 43.0 Å². The van der Waals surface area contributed by atoms with Gasteiger partial charge in [0.15, 0.2) is 0 Å². The standard InChI is InChI=1S/C18H22N2O4S/c1-13-12-17(14(2)24-13)18(21)20-10-8-15(9-11-20)19-25(22,23)16-6-4-3-5-7-16/h3-7,12,15,19H,8-11H2,1-2H3. The van der Waals surface area contributed by atoms with Crippen LogP contribution in [0, 0.1) is 13.8 Å². The molecule has 1 aliphatic heterocycles. The van der Waals surface area contributed by atoms with Crippen LogP contribution in [0.15, 0.2) is 45.7 Å². The second-order valence-electron chi connectivity index (χ2n) is 6.33. The number of carbonyl (C=O) groups excluding carboxylic acids is 1. The van der Waals surface area contributed by atoms with Gasteiger partial charge in [-0.2, -0.15) is 0 Å². The smallest absolute Gasteiger partial charge is 0.257 e. The Morgan fingerprint density at radius 3 is 2.36 bits per heavy atom. The summed E-state index contributed by atoms with van der Waals surface area (Å²) in [5.74, 6) is 1.28. The van der Waals surface area contributed by atoms with Crippen molar-refractivity contribution < 1.29 is 17.6 Å². The highest BCUT2D eigenvalue weighted by Gasteiger charge is 2.28. The molecule has 1 N–H and O–H groups in total. The molecule has 3 rings (SSSR count). The van der Waals surface area contributed by atoms with E-state index < -0.39 is 10.0 Å². The Labute approximate surface area is 147 Å². The number of rotatable bonds is 4. The summed E-state index contributed by atoms with van der Waals surface area (Å²) >= 11 is 0. The van der Waals surface area contributed by atoms with Crippen LogP contribution in [0.1, 0.15) is 34.7 Å². The molecule has 1 amide bonds. The van der Waals surface area contributed by atoms with Crippen molar-refractivity contribution in [3.05, 3.63) is 53.5 Å². The van der Waals surface area contributed by atoms with Crippen LogP contribution in [-0.2, 0) is 10.0 Å². The molecule has 0 spiro atoms. The molecule has 1 fully saturated rings. The number of furan rings is 1. The molecule has 7 heteroatoms. The van der Waals surface area contributed by atoms with Gasteiger partial charge in [-0.25, -0.2) is 13.1 Å². The van der Waals surface area contributed by atoms with Gasteiger partial charge >= 0.3 is 0 Å². The summed E-state index contributed by atoms with van der Waals surface area (Å²) in [4.78, 5) is 14.6. The Balaban J connectivity index is 1.61. The van der Waals surface area contributed by atoms with Crippen molar-refractivity contribution in [2.75, 3.05) is 13.1 Å². The van der Waals surface area contributed by atoms with E-state index in [2.05, 4.69) is 4.72 Å². The van der Waals surface area contributed by atoms with E-state index in [0.717, 1.165) is 0 Å². The largest absolute Gasteiger partial charge is 0.466 e. The highest BCUT2D eigenvalue weighted by Crippen LogP contribution is 2.20. The number of hydrogen-bond donors (Lipinski definition) is 1. The van der Waals surface area contributed by atoms with E-state index in [-0.39, 0.29) is 16.8 Å². The number of carbonyl (C=O) groups is 1. The van der Waals surface area contributed by atoms with Crippen LogP contribution in [0.2, 0.25) is 0 Å².